The molecule has 4 rings (SSSR count). The molecule has 0 aliphatic carbocycles. The van der Waals surface area contributed by atoms with Crippen molar-refractivity contribution in [3.05, 3.63) is 180 Å². The van der Waals surface area contributed by atoms with Gasteiger partial charge in [-0.25, -0.2) is 0 Å². The van der Waals surface area contributed by atoms with Gasteiger partial charge in [0.05, 0.1) is 12.5 Å². The van der Waals surface area contributed by atoms with Crippen LogP contribution >= 0.6 is 0 Å². The average Bonchev–Trinajstić information content (AvgIpc) is 2.97. The molecule has 0 aromatic heterocycles. The first-order valence-electron chi connectivity index (χ1n) is 12.9. The van der Waals surface area contributed by atoms with Crippen LogP contribution in [0.3, 0.4) is 0 Å². The first-order chi connectivity index (χ1) is 18.4. The van der Waals surface area contributed by atoms with Crippen LogP contribution in [-0.2, 0) is 4.74 Å². The zero-order valence-corrected chi connectivity index (χ0v) is 21.1. The Balaban J connectivity index is 1.39. The Labute approximate surface area is 221 Å². The lowest BCUT2D eigenvalue weighted by Crippen LogP contribution is -1.94. The number of ether oxygens (including phenoxy) is 1. The van der Waals surface area contributed by atoms with Crippen molar-refractivity contribution in [2.75, 3.05) is 0 Å². The van der Waals surface area contributed by atoms with Crippen molar-refractivity contribution in [1.29, 1.82) is 0 Å². The van der Waals surface area contributed by atoms with E-state index >= 15 is 0 Å². The Kier molecular flexibility index (Phi) is 10.4. The topological polar surface area (TPSA) is 9.23 Å². The van der Waals surface area contributed by atoms with Crippen LogP contribution in [0.25, 0.3) is 12.2 Å². The van der Waals surface area contributed by atoms with E-state index in [0.717, 1.165) is 12.8 Å². The summed E-state index contributed by atoms with van der Waals surface area (Å²) in [5.74, 6) is 0.488. The Morgan fingerprint density at radius 1 is 0.459 bits per heavy atom. The van der Waals surface area contributed by atoms with Gasteiger partial charge in [0, 0.05) is 11.8 Å². The Morgan fingerprint density at radius 2 is 0.811 bits per heavy atom. The minimum absolute atomic E-state index is 0.244. The predicted molar refractivity (Wildman–Crippen MR) is 158 cm³/mol. The van der Waals surface area contributed by atoms with Gasteiger partial charge < -0.3 is 4.74 Å². The van der Waals surface area contributed by atoms with Gasteiger partial charge in [-0.3, -0.25) is 0 Å². The summed E-state index contributed by atoms with van der Waals surface area (Å²) in [6.45, 7) is 0. The van der Waals surface area contributed by atoms with Gasteiger partial charge in [-0.1, -0.05) is 146 Å². The Morgan fingerprint density at radius 3 is 1.19 bits per heavy atom. The molecule has 4 aromatic rings. The monoisotopic (exact) mass is 482 g/mol. The molecule has 0 fully saturated rings. The molecular weight excluding hydrogens is 448 g/mol. The lowest BCUT2D eigenvalue weighted by atomic mass is 9.95. The molecule has 0 saturated heterocycles. The Bertz CT molecular complexity index is 1170. The molecule has 2 unspecified atom stereocenters. The molecule has 0 N–H and O–H groups in total. The van der Waals surface area contributed by atoms with Gasteiger partial charge in [-0.2, -0.15) is 0 Å². The molecule has 0 heterocycles. The van der Waals surface area contributed by atoms with Gasteiger partial charge >= 0.3 is 0 Å². The molecule has 37 heavy (non-hydrogen) atoms. The number of hydrogen-bond acceptors (Lipinski definition) is 1. The van der Waals surface area contributed by atoms with Crippen molar-refractivity contribution in [3.63, 3.8) is 0 Å². The lowest BCUT2D eigenvalue weighted by molar-refractivity contribution is 0.396. The van der Waals surface area contributed by atoms with E-state index in [0.29, 0.717) is 0 Å². The van der Waals surface area contributed by atoms with Crippen molar-refractivity contribution in [3.8, 4) is 0 Å². The van der Waals surface area contributed by atoms with Gasteiger partial charge in [0.1, 0.15) is 0 Å². The number of rotatable bonds is 12. The average molecular weight is 483 g/mol. The van der Waals surface area contributed by atoms with E-state index in [4.69, 9.17) is 4.74 Å². The minimum atomic E-state index is 0.244. The Hall–Kier alpha value is -4.36. The summed E-state index contributed by atoms with van der Waals surface area (Å²) in [5, 5.41) is 0. The molecule has 0 radical (unpaired) electrons. The highest BCUT2D eigenvalue weighted by Gasteiger charge is 2.07. The summed E-state index contributed by atoms with van der Waals surface area (Å²) in [6, 6.07) is 42.0. The lowest BCUT2D eigenvalue weighted by Gasteiger charge is -2.11. The first-order valence-corrected chi connectivity index (χ1v) is 12.9. The van der Waals surface area contributed by atoms with Crippen molar-refractivity contribution >= 4 is 12.2 Å². The van der Waals surface area contributed by atoms with Crippen LogP contribution in [0.15, 0.2) is 158 Å². The molecule has 0 aliphatic rings. The van der Waals surface area contributed by atoms with E-state index in [9.17, 15) is 0 Å². The summed E-state index contributed by atoms with van der Waals surface area (Å²) in [6.07, 6.45) is 18.5. The molecule has 184 valence electrons. The summed E-state index contributed by atoms with van der Waals surface area (Å²) >= 11 is 0. The highest BCUT2D eigenvalue weighted by Crippen LogP contribution is 2.24. The quantitative estimate of drug-likeness (QED) is 0.183. The van der Waals surface area contributed by atoms with Crippen molar-refractivity contribution in [1.82, 2.24) is 0 Å². The van der Waals surface area contributed by atoms with Crippen LogP contribution in [0.2, 0.25) is 0 Å². The number of hydrogen-bond donors (Lipinski definition) is 0. The van der Waals surface area contributed by atoms with Gasteiger partial charge in [0.15, 0.2) is 0 Å². The summed E-state index contributed by atoms with van der Waals surface area (Å²) in [5.41, 5.74) is 4.98. The van der Waals surface area contributed by atoms with Gasteiger partial charge in [0.2, 0.25) is 0 Å². The predicted octanol–water partition coefficient (Wildman–Crippen LogP) is 9.80. The van der Waals surface area contributed by atoms with Crippen LogP contribution < -0.4 is 0 Å². The summed E-state index contributed by atoms with van der Waals surface area (Å²) in [7, 11) is 0. The fourth-order valence-corrected chi connectivity index (χ4v) is 4.21. The maximum Gasteiger partial charge on any atom is 0.0867 e. The van der Waals surface area contributed by atoms with Gasteiger partial charge in [-0.15, -0.1) is 0 Å². The SMILES string of the molecule is C(=Cc1ccccc1)CC(C=COC=CC(CC=Cc1ccccc1)c1ccccc1)c1ccccc1. The zero-order valence-electron chi connectivity index (χ0n) is 21.1. The van der Waals surface area contributed by atoms with Crippen molar-refractivity contribution in [2.45, 2.75) is 24.7 Å². The maximum absolute atomic E-state index is 5.86. The largest absolute Gasteiger partial charge is 0.473 e. The van der Waals surface area contributed by atoms with E-state index in [2.05, 4.69) is 146 Å². The number of allylic oxidation sites excluding steroid dienone is 4. The third-order valence-corrected chi connectivity index (χ3v) is 6.23. The molecule has 1 heteroatoms. The van der Waals surface area contributed by atoms with Crippen LogP contribution in [0, 0.1) is 0 Å². The second kappa shape index (κ2) is 14.9. The van der Waals surface area contributed by atoms with E-state index in [-0.39, 0.29) is 11.8 Å². The summed E-state index contributed by atoms with van der Waals surface area (Å²) in [4.78, 5) is 0. The molecule has 0 aliphatic heterocycles. The van der Waals surface area contributed by atoms with Crippen molar-refractivity contribution < 1.29 is 4.74 Å². The number of benzene rings is 4. The smallest absolute Gasteiger partial charge is 0.0867 e. The van der Waals surface area contributed by atoms with E-state index in [1.807, 2.05) is 24.7 Å². The molecule has 0 bridgehead atoms. The molecule has 2 atom stereocenters. The van der Waals surface area contributed by atoms with Gasteiger partial charge in [-0.05, 0) is 47.2 Å². The highest BCUT2D eigenvalue weighted by molar-refractivity contribution is 5.49. The van der Waals surface area contributed by atoms with E-state index in [1.165, 1.54) is 22.3 Å². The van der Waals surface area contributed by atoms with Gasteiger partial charge in [0.25, 0.3) is 0 Å². The molecule has 4 aromatic carbocycles. The van der Waals surface area contributed by atoms with Crippen LogP contribution in [0.5, 0.6) is 0 Å². The minimum Gasteiger partial charge on any atom is -0.473 e. The zero-order chi connectivity index (χ0) is 25.4. The van der Waals surface area contributed by atoms with Crippen LogP contribution in [0.4, 0.5) is 0 Å². The van der Waals surface area contributed by atoms with Crippen LogP contribution in [-0.4, -0.2) is 0 Å². The summed E-state index contributed by atoms with van der Waals surface area (Å²) < 4.78 is 5.86. The third kappa shape index (κ3) is 8.98. The molecular formula is C36H34O. The highest BCUT2D eigenvalue weighted by atomic mass is 16.5. The first kappa shape index (κ1) is 25.7. The van der Waals surface area contributed by atoms with E-state index in [1.54, 1.807) is 0 Å². The van der Waals surface area contributed by atoms with E-state index < -0.39 is 0 Å². The second-order valence-electron chi connectivity index (χ2n) is 8.93. The molecule has 1 nitrogen and oxygen atoms in total. The fraction of sp³-hybridized carbons (Fsp3) is 0.111. The standard InChI is InChI=1S/C36H34O/c1-5-15-31(16-6-1)19-13-25-35(33-21-9-3-10-22-33)27-29-37-30-28-36(34-23-11-4-12-24-34)26-14-20-32-17-7-2-8-18-32/h1-24,27-30,35-36H,25-26H2. The fourth-order valence-electron chi connectivity index (χ4n) is 4.21. The molecule has 0 saturated carbocycles. The van der Waals surface area contributed by atoms with Crippen molar-refractivity contribution in [2.24, 2.45) is 0 Å². The maximum atomic E-state index is 5.86. The second-order valence-corrected chi connectivity index (χ2v) is 8.93. The molecule has 0 spiro atoms. The normalized spacial score (nSPS) is 13.5. The van der Waals surface area contributed by atoms with Crippen LogP contribution in [0.1, 0.15) is 46.9 Å². The molecule has 0 amide bonds. The third-order valence-electron chi connectivity index (χ3n) is 6.23.